The quantitative estimate of drug-likeness (QED) is 0.610. The molecule has 0 aromatic heterocycles. The third-order valence-electron chi connectivity index (χ3n) is 8.56. The number of rotatable bonds is 1. The highest BCUT2D eigenvalue weighted by Gasteiger charge is 2.89. The lowest BCUT2D eigenvalue weighted by atomic mass is 9.23. The number of hydrogen-bond donors (Lipinski definition) is 0. The zero-order valence-corrected chi connectivity index (χ0v) is 16.5. The Hall–Kier alpha value is -1.64. The van der Waals surface area contributed by atoms with Crippen molar-refractivity contribution in [2.75, 3.05) is 5.01 Å². The predicted octanol–water partition coefficient (Wildman–Crippen LogP) is 5.69. The van der Waals surface area contributed by atoms with Gasteiger partial charge in [0.2, 0.25) is 0 Å². The van der Waals surface area contributed by atoms with Gasteiger partial charge in [-0.25, -0.2) is 5.01 Å². The monoisotopic (exact) mass is 323 g/mol. The summed E-state index contributed by atoms with van der Waals surface area (Å²) in [5, 5.41) is 11.9. The van der Waals surface area contributed by atoms with Gasteiger partial charge < -0.3 is 0 Å². The van der Waals surface area contributed by atoms with E-state index in [0.29, 0.717) is 0 Å². The van der Waals surface area contributed by atoms with Gasteiger partial charge in [-0.1, -0.05) is 47.9 Å². The molecule has 0 N–H and O–H groups in total. The molecule has 0 unspecified atom stereocenters. The minimum atomic E-state index is -0.178. The third kappa shape index (κ3) is 1.13. The van der Waals surface area contributed by atoms with Crippen LogP contribution in [0.2, 0.25) is 0 Å². The Morgan fingerprint density at radius 3 is 1.83 bits per heavy atom. The smallest absolute Gasteiger partial charge is 0.117 e. The van der Waals surface area contributed by atoms with Gasteiger partial charge >= 0.3 is 0 Å². The summed E-state index contributed by atoms with van der Waals surface area (Å²) in [4.78, 5) is 0. The van der Waals surface area contributed by atoms with Crippen LogP contribution < -0.4 is 5.01 Å². The van der Waals surface area contributed by atoms with Gasteiger partial charge in [-0.15, -0.1) is 0 Å². The van der Waals surface area contributed by atoms with Crippen LogP contribution >= 0.6 is 0 Å². The summed E-state index contributed by atoms with van der Waals surface area (Å²) < 4.78 is 0. The summed E-state index contributed by atoms with van der Waals surface area (Å²) in [5.41, 5.74) is 8.03. The predicted molar refractivity (Wildman–Crippen MR) is 99.4 cm³/mol. The lowest BCUT2D eigenvalue weighted by Gasteiger charge is -2.81. The molecule has 1 aromatic carbocycles. The molecule has 1 aliphatic heterocycles. The molecule has 3 nitrogen and oxygen atoms in total. The molecule has 4 rings (SSSR count). The summed E-state index contributed by atoms with van der Waals surface area (Å²) in [7, 11) is 0. The molecule has 0 radical (unpaired) electrons. The van der Waals surface area contributed by atoms with Crippen molar-refractivity contribution in [1.29, 1.82) is 0 Å². The van der Waals surface area contributed by atoms with Gasteiger partial charge in [-0.2, -0.15) is 5.11 Å². The van der Waals surface area contributed by atoms with Crippen molar-refractivity contribution >= 4 is 5.69 Å². The molecule has 0 spiro atoms. The Morgan fingerprint density at radius 2 is 1.29 bits per heavy atom. The summed E-state index contributed by atoms with van der Waals surface area (Å²) in [6.07, 6.45) is 0. The maximum atomic E-state index is 4.87. The molecule has 3 heteroatoms. The maximum absolute atomic E-state index is 4.87. The van der Waals surface area contributed by atoms with Gasteiger partial charge in [0.05, 0.1) is 11.2 Å². The van der Waals surface area contributed by atoms with Gasteiger partial charge in [0.15, 0.2) is 0 Å². The highest BCUT2D eigenvalue weighted by molar-refractivity contribution is 5.70. The van der Waals surface area contributed by atoms with E-state index >= 15 is 0 Å². The van der Waals surface area contributed by atoms with E-state index in [-0.39, 0.29) is 21.9 Å². The average Bonchev–Trinajstić information content (AvgIpc) is 2.76. The van der Waals surface area contributed by atoms with E-state index in [1.807, 2.05) is 0 Å². The van der Waals surface area contributed by atoms with Crippen LogP contribution in [-0.4, -0.2) is 11.1 Å². The maximum Gasteiger partial charge on any atom is 0.117 e. The molecular formula is C21H29N3. The molecule has 2 aliphatic carbocycles. The number of anilines is 1. The van der Waals surface area contributed by atoms with Crippen molar-refractivity contribution in [3.63, 3.8) is 0 Å². The first-order valence-electron chi connectivity index (χ1n) is 8.98. The number of fused-ring (bicyclic) bond motifs is 4. The average molecular weight is 323 g/mol. The minimum Gasteiger partial charge on any atom is -0.237 e. The van der Waals surface area contributed by atoms with Crippen molar-refractivity contribution in [1.82, 2.24) is 0 Å². The fraction of sp³-hybridized carbons (Fsp3) is 0.619. The first-order chi connectivity index (χ1) is 11.0. The Morgan fingerprint density at radius 1 is 0.792 bits per heavy atom. The van der Waals surface area contributed by atoms with Crippen LogP contribution in [0.5, 0.6) is 0 Å². The van der Waals surface area contributed by atoms with Crippen LogP contribution in [0, 0.1) is 31.6 Å². The Labute approximate surface area is 145 Å². The van der Waals surface area contributed by atoms with Crippen molar-refractivity contribution in [3.05, 3.63) is 40.0 Å². The van der Waals surface area contributed by atoms with Gasteiger partial charge in [-0.05, 0) is 59.6 Å². The Bertz CT molecular complexity index is 828. The molecule has 0 saturated heterocycles. The molecule has 1 fully saturated rings. The van der Waals surface area contributed by atoms with E-state index in [0.717, 1.165) is 0 Å². The van der Waals surface area contributed by atoms with Crippen molar-refractivity contribution in [2.24, 2.45) is 21.2 Å². The lowest BCUT2D eigenvalue weighted by Crippen LogP contribution is -2.89. The van der Waals surface area contributed by atoms with E-state index in [1.54, 1.807) is 0 Å². The topological polar surface area (TPSA) is 28.0 Å². The van der Waals surface area contributed by atoms with Crippen LogP contribution in [0.15, 0.2) is 33.6 Å². The Kier molecular flexibility index (Phi) is 2.61. The normalized spacial score (nSPS) is 42.6. The van der Waals surface area contributed by atoms with E-state index in [1.165, 1.54) is 33.5 Å². The second kappa shape index (κ2) is 3.95. The molecule has 128 valence electrons. The second-order valence-electron chi connectivity index (χ2n) is 8.89. The minimum absolute atomic E-state index is 0.101. The highest BCUT2D eigenvalue weighted by atomic mass is 15.7. The number of hydrogen-bond acceptors (Lipinski definition) is 3. The molecule has 1 saturated carbocycles. The largest absolute Gasteiger partial charge is 0.237 e. The van der Waals surface area contributed by atoms with Gasteiger partial charge in [0.25, 0.3) is 0 Å². The van der Waals surface area contributed by atoms with Crippen molar-refractivity contribution in [2.45, 2.75) is 73.4 Å². The standard InChI is InChI=1S/C21H29N3/c1-12-10-13(2)17(14(3)11-12)24-21(9)19(7)16(5)15(4)18(19,6)20(21,8)22-23-24/h10-11H,1-9H3/t18-,19+,20+,21-/m0/s1. The molecular weight excluding hydrogens is 294 g/mol. The fourth-order valence-corrected chi connectivity index (χ4v) is 6.67. The summed E-state index contributed by atoms with van der Waals surface area (Å²) >= 11 is 0. The van der Waals surface area contributed by atoms with Crippen molar-refractivity contribution < 1.29 is 0 Å². The number of aryl methyl sites for hydroxylation is 3. The molecule has 4 atom stereocenters. The first-order valence-corrected chi connectivity index (χ1v) is 8.98. The van der Waals surface area contributed by atoms with E-state index in [9.17, 15) is 0 Å². The molecule has 1 heterocycles. The number of benzene rings is 1. The van der Waals surface area contributed by atoms with Crippen LogP contribution in [0.4, 0.5) is 5.69 Å². The van der Waals surface area contributed by atoms with E-state index in [4.69, 9.17) is 10.3 Å². The van der Waals surface area contributed by atoms with Crippen LogP contribution in [0.25, 0.3) is 0 Å². The molecule has 1 aromatic rings. The Balaban J connectivity index is 1.94. The summed E-state index contributed by atoms with van der Waals surface area (Å²) in [6, 6.07) is 4.51. The van der Waals surface area contributed by atoms with Gasteiger partial charge in [0.1, 0.15) is 5.54 Å². The third-order valence-corrected chi connectivity index (χ3v) is 8.56. The van der Waals surface area contributed by atoms with Crippen LogP contribution in [0.1, 0.15) is 58.2 Å². The molecule has 3 aliphatic rings. The van der Waals surface area contributed by atoms with Crippen LogP contribution in [0.3, 0.4) is 0 Å². The summed E-state index contributed by atoms with van der Waals surface area (Å²) in [5.74, 6) is 0. The highest BCUT2D eigenvalue weighted by Crippen LogP contribution is 2.84. The van der Waals surface area contributed by atoms with Gasteiger partial charge in [-0.3, -0.25) is 0 Å². The first kappa shape index (κ1) is 15.9. The molecule has 0 amide bonds. The van der Waals surface area contributed by atoms with Crippen molar-refractivity contribution in [3.8, 4) is 0 Å². The molecule has 24 heavy (non-hydrogen) atoms. The number of nitrogens with zero attached hydrogens (tertiary/aromatic N) is 3. The van der Waals surface area contributed by atoms with Crippen LogP contribution in [-0.2, 0) is 0 Å². The zero-order valence-electron chi connectivity index (χ0n) is 16.5. The molecule has 0 bridgehead atoms. The van der Waals surface area contributed by atoms with Gasteiger partial charge in [0, 0.05) is 10.8 Å². The lowest BCUT2D eigenvalue weighted by molar-refractivity contribution is -0.180. The SMILES string of the molecule is CC1=C(C)[C@]2(C)[C@@]1(C)[C@@]1(C)N=NN(c3c(C)cc(C)cc3C)[C@]12C. The zero-order chi connectivity index (χ0) is 17.9. The van der Waals surface area contributed by atoms with E-state index in [2.05, 4.69) is 79.5 Å². The fourth-order valence-electron chi connectivity index (χ4n) is 6.67. The van der Waals surface area contributed by atoms with E-state index < -0.39 is 0 Å². The second-order valence-corrected chi connectivity index (χ2v) is 8.89. The summed E-state index contributed by atoms with van der Waals surface area (Å²) in [6.45, 7) is 20.6.